The van der Waals surface area contributed by atoms with Crippen molar-refractivity contribution in [1.29, 1.82) is 0 Å². The van der Waals surface area contributed by atoms with Gasteiger partial charge in [0.25, 0.3) is 5.91 Å². The van der Waals surface area contributed by atoms with Crippen LogP contribution in [0.5, 0.6) is 23.0 Å². The molecule has 0 radical (unpaired) electrons. The van der Waals surface area contributed by atoms with Gasteiger partial charge in [-0.1, -0.05) is 42.5 Å². The number of nitrogens with zero attached hydrogens (tertiary/aromatic N) is 2. The van der Waals surface area contributed by atoms with Crippen molar-refractivity contribution in [2.75, 3.05) is 28.4 Å². The molecule has 2 heterocycles. The summed E-state index contributed by atoms with van der Waals surface area (Å²) in [4.78, 5) is 24.6. The summed E-state index contributed by atoms with van der Waals surface area (Å²) in [7, 11) is 5.95. The van der Waals surface area contributed by atoms with Gasteiger partial charge >= 0.3 is 0 Å². The number of fused-ring (bicyclic) bond motifs is 1. The fourth-order valence-electron chi connectivity index (χ4n) is 6.96. The Kier molecular flexibility index (Phi) is 5.76. The Morgan fingerprint density at radius 1 is 1.02 bits per heavy atom. The van der Waals surface area contributed by atoms with Gasteiger partial charge in [-0.05, 0) is 30.2 Å². The van der Waals surface area contributed by atoms with Gasteiger partial charge < -0.3 is 29.7 Å². The molecule has 0 aromatic heterocycles. The highest BCUT2D eigenvalue weighted by Crippen LogP contribution is 2.75. The van der Waals surface area contributed by atoms with Gasteiger partial charge in [-0.3, -0.25) is 14.6 Å². The third-order valence-electron chi connectivity index (χ3n) is 8.47. The quantitative estimate of drug-likeness (QED) is 0.404. The maximum Gasteiger partial charge on any atom is 0.254 e. The molecule has 1 aliphatic carbocycles. The monoisotopic (exact) mass is 545 g/mol. The zero-order valence-electron chi connectivity index (χ0n) is 22.8. The van der Waals surface area contributed by atoms with Crippen LogP contribution in [0.15, 0.2) is 71.7 Å². The Balaban J connectivity index is 1.78. The molecule has 10 heteroatoms. The maximum absolute atomic E-state index is 14.2. The van der Waals surface area contributed by atoms with Crippen molar-refractivity contribution in [1.82, 2.24) is 10.4 Å². The number of carbonyl (C=O) groups is 1. The second kappa shape index (κ2) is 8.87. The average Bonchev–Trinajstić information content (AvgIpc) is 3.47. The summed E-state index contributed by atoms with van der Waals surface area (Å²) in [6.07, 6.45) is 0. The van der Waals surface area contributed by atoms with Crippen LogP contribution in [0.1, 0.15) is 29.5 Å². The number of amidine groups is 1. The van der Waals surface area contributed by atoms with Crippen LogP contribution in [0, 0.1) is 5.92 Å². The molecule has 208 valence electrons. The molecule has 40 heavy (non-hydrogen) atoms. The van der Waals surface area contributed by atoms with Gasteiger partial charge in [0.2, 0.25) is 0 Å². The lowest BCUT2D eigenvalue weighted by Crippen LogP contribution is -2.62. The van der Waals surface area contributed by atoms with E-state index in [1.807, 2.05) is 42.5 Å². The van der Waals surface area contributed by atoms with E-state index < -0.39 is 34.6 Å². The van der Waals surface area contributed by atoms with Gasteiger partial charge in [0.1, 0.15) is 28.9 Å². The maximum atomic E-state index is 14.2. The Hall–Kier alpha value is -4.28. The first-order chi connectivity index (χ1) is 19.2. The topological polar surface area (TPSA) is 122 Å². The lowest BCUT2D eigenvalue weighted by molar-refractivity contribution is -0.184. The van der Waals surface area contributed by atoms with Gasteiger partial charge in [0.05, 0.1) is 32.7 Å². The number of carbonyl (C=O) groups excluding carboxylic acids is 1. The molecule has 0 saturated heterocycles. The van der Waals surface area contributed by atoms with Crippen LogP contribution in [0.4, 0.5) is 0 Å². The summed E-state index contributed by atoms with van der Waals surface area (Å²) in [6, 6.07) is 19.8. The van der Waals surface area contributed by atoms with Gasteiger partial charge in [0, 0.05) is 25.1 Å². The molecule has 6 rings (SSSR count). The van der Waals surface area contributed by atoms with Crippen LogP contribution >= 0.6 is 0 Å². The Labute approximate surface area is 231 Å². The van der Waals surface area contributed by atoms with Crippen LogP contribution < -0.4 is 19.5 Å². The van der Waals surface area contributed by atoms with E-state index >= 15 is 0 Å². The second-order valence-corrected chi connectivity index (χ2v) is 10.3. The first-order valence-corrected chi connectivity index (χ1v) is 12.9. The third-order valence-corrected chi connectivity index (χ3v) is 8.47. The van der Waals surface area contributed by atoms with Crippen molar-refractivity contribution < 1.29 is 34.1 Å². The number of hydroxylamine groups is 2. The average molecular weight is 546 g/mol. The number of hydrogen-bond donors (Lipinski definition) is 3. The Bertz CT molecular complexity index is 1510. The Morgan fingerprint density at radius 2 is 1.70 bits per heavy atom. The number of hydrogen-bond acceptors (Lipinski definition) is 9. The Morgan fingerprint density at radius 3 is 2.33 bits per heavy atom. The van der Waals surface area contributed by atoms with Gasteiger partial charge in [-0.15, -0.1) is 0 Å². The minimum atomic E-state index is -2.04. The van der Waals surface area contributed by atoms with Crippen molar-refractivity contribution in [2.45, 2.75) is 29.7 Å². The summed E-state index contributed by atoms with van der Waals surface area (Å²) in [5.74, 6) is -0.975. The predicted molar refractivity (Wildman–Crippen MR) is 145 cm³/mol. The predicted octanol–water partition coefficient (Wildman–Crippen LogP) is 3.04. The van der Waals surface area contributed by atoms with Crippen LogP contribution in [-0.2, 0) is 20.8 Å². The molecule has 3 aliphatic rings. The molecule has 10 nitrogen and oxygen atoms in total. The third kappa shape index (κ3) is 3.05. The smallest absolute Gasteiger partial charge is 0.254 e. The number of phenols is 1. The standard InChI is InChI=1S/C30H31N3O7/c1-17-31-29-25-22(34)15-21(38-4)16-23(25)40-28(29,19-11-13-20(37-3)14-12-19)24(18-9-7-6-8-10-18)26(30(29,36)32-17)27(35)33(2)39-5/h6-16,24,26,34,36H,1-5H3,(H,31,32)/t24-,26+,28+,29-,30-/m1/s1. The fraction of sp³-hybridized carbons (Fsp3) is 0.333. The number of methoxy groups -OCH3 is 2. The molecule has 1 amide bonds. The number of nitrogens with one attached hydrogen (secondary N) is 1. The van der Waals surface area contributed by atoms with Gasteiger partial charge in [-0.2, -0.15) is 0 Å². The normalized spacial score (nSPS) is 29.4. The number of aliphatic imine (C=N–C) groups is 1. The first kappa shape index (κ1) is 26.0. The summed E-state index contributed by atoms with van der Waals surface area (Å²) in [6.45, 7) is 1.71. The van der Waals surface area contributed by atoms with E-state index in [0.29, 0.717) is 28.6 Å². The first-order valence-electron chi connectivity index (χ1n) is 12.9. The van der Waals surface area contributed by atoms with Crippen molar-refractivity contribution in [3.8, 4) is 23.0 Å². The van der Waals surface area contributed by atoms with Crippen molar-refractivity contribution in [3.05, 3.63) is 83.4 Å². The number of phenolic OH excluding ortho intramolecular Hbond substituents is 1. The van der Waals surface area contributed by atoms with Crippen molar-refractivity contribution in [2.24, 2.45) is 10.9 Å². The molecule has 1 spiro atoms. The molecule has 3 aromatic carbocycles. The van der Waals surface area contributed by atoms with Gasteiger partial charge in [-0.25, -0.2) is 5.06 Å². The lowest BCUT2D eigenvalue weighted by Gasteiger charge is -2.41. The number of benzene rings is 3. The largest absolute Gasteiger partial charge is 0.507 e. The van der Waals surface area contributed by atoms with E-state index in [9.17, 15) is 15.0 Å². The van der Waals surface area contributed by atoms with Crippen LogP contribution in [0.2, 0.25) is 0 Å². The minimum Gasteiger partial charge on any atom is -0.507 e. The lowest BCUT2D eigenvalue weighted by atomic mass is 9.68. The second-order valence-electron chi connectivity index (χ2n) is 10.3. The summed E-state index contributed by atoms with van der Waals surface area (Å²) < 4.78 is 17.8. The molecular formula is C30H31N3O7. The van der Waals surface area contributed by atoms with E-state index in [0.717, 1.165) is 10.6 Å². The van der Waals surface area contributed by atoms with Gasteiger partial charge in [0.15, 0.2) is 16.9 Å². The molecule has 1 fully saturated rings. The number of aliphatic hydroxyl groups is 1. The van der Waals surface area contributed by atoms with E-state index in [4.69, 9.17) is 24.0 Å². The highest BCUT2D eigenvalue weighted by Gasteiger charge is 2.86. The molecule has 3 N–H and O–H groups in total. The van der Waals surface area contributed by atoms with E-state index in [1.54, 1.807) is 32.2 Å². The van der Waals surface area contributed by atoms with Crippen LogP contribution in [-0.4, -0.2) is 61.1 Å². The zero-order valence-corrected chi connectivity index (χ0v) is 22.8. The molecular weight excluding hydrogens is 514 g/mol. The molecule has 3 aromatic rings. The number of ether oxygens (including phenoxy) is 3. The van der Waals surface area contributed by atoms with E-state index in [2.05, 4.69) is 5.32 Å². The summed E-state index contributed by atoms with van der Waals surface area (Å²) in [5.41, 5.74) is -3.63. The molecule has 5 atom stereocenters. The van der Waals surface area contributed by atoms with Crippen molar-refractivity contribution >= 4 is 11.7 Å². The molecule has 0 bridgehead atoms. The van der Waals surface area contributed by atoms with E-state index in [1.165, 1.54) is 27.3 Å². The highest BCUT2D eigenvalue weighted by molar-refractivity contribution is 5.91. The zero-order chi connectivity index (χ0) is 28.4. The van der Waals surface area contributed by atoms with Crippen molar-refractivity contribution in [3.63, 3.8) is 0 Å². The number of aromatic hydroxyl groups is 1. The molecule has 0 unspecified atom stereocenters. The summed E-state index contributed by atoms with van der Waals surface area (Å²) in [5, 5.41) is 28.7. The number of amides is 1. The SMILES string of the molecule is COc1ccc([C@@]23Oc4cc(OC)cc(O)c4[C@@]24N=C(C)N[C@@]4(O)[C@H](C(=O)N(C)OC)[C@H]3c2ccccc2)cc1. The highest BCUT2D eigenvalue weighted by atomic mass is 16.7. The van der Waals surface area contributed by atoms with Crippen LogP contribution in [0.3, 0.4) is 0 Å². The molecule has 2 aliphatic heterocycles. The number of rotatable bonds is 6. The van der Waals surface area contributed by atoms with E-state index in [-0.39, 0.29) is 11.3 Å². The fourth-order valence-corrected chi connectivity index (χ4v) is 6.96. The minimum absolute atomic E-state index is 0.177. The molecule has 1 saturated carbocycles. The summed E-state index contributed by atoms with van der Waals surface area (Å²) >= 11 is 0. The van der Waals surface area contributed by atoms with Crippen LogP contribution in [0.25, 0.3) is 0 Å².